The van der Waals surface area contributed by atoms with E-state index in [-0.39, 0.29) is 0 Å². The minimum absolute atomic E-state index is 0.527. The molecule has 0 amide bonds. The Balaban J connectivity index is 1.61. The Labute approximate surface area is 173 Å². The van der Waals surface area contributed by atoms with Crippen molar-refractivity contribution < 1.29 is 4.74 Å². The Morgan fingerprint density at radius 1 is 1.00 bits per heavy atom. The van der Waals surface area contributed by atoms with Gasteiger partial charge >= 0.3 is 0 Å². The highest BCUT2D eigenvalue weighted by Crippen LogP contribution is 2.31. The Kier molecular flexibility index (Phi) is 5.16. The van der Waals surface area contributed by atoms with E-state index in [2.05, 4.69) is 28.5 Å². The highest BCUT2D eigenvalue weighted by atomic mass is 35.5. The van der Waals surface area contributed by atoms with Crippen molar-refractivity contribution in [3.8, 4) is 17.0 Å². The van der Waals surface area contributed by atoms with Crippen LogP contribution in [0.15, 0.2) is 60.8 Å². The second kappa shape index (κ2) is 7.74. The topological polar surface area (TPSA) is 39.1 Å². The van der Waals surface area contributed by atoms with Gasteiger partial charge in [-0.3, -0.25) is 0 Å². The number of rotatable bonds is 5. The van der Waals surface area contributed by atoms with Crippen molar-refractivity contribution in [3.63, 3.8) is 0 Å². The van der Waals surface area contributed by atoms with Gasteiger partial charge in [-0.2, -0.15) is 0 Å². The van der Waals surface area contributed by atoms with E-state index >= 15 is 0 Å². The maximum atomic E-state index is 6.16. The van der Waals surface area contributed by atoms with Gasteiger partial charge in [0.15, 0.2) is 0 Å². The monoisotopic (exact) mass is 411 g/mol. The number of imidazole rings is 1. The van der Waals surface area contributed by atoms with E-state index in [4.69, 9.17) is 27.9 Å². The van der Waals surface area contributed by atoms with Gasteiger partial charge in [-0.1, -0.05) is 59.6 Å². The van der Waals surface area contributed by atoms with Crippen LogP contribution in [0.25, 0.3) is 22.0 Å². The molecular weight excluding hydrogens is 393 g/mol. The SMILES string of the molecule is COc1ccc(CNc2ncc(-c3ccc(Cl)c(Cl)c3)n2C)c2ccccc12. The van der Waals surface area contributed by atoms with E-state index in [1.807, 2.05) is 48.1 Å². The van der Waals surface area contributed by atoms with Crippen molar-refractivity contribution in [2.75, 3.05) is 12.4 Å². The lowest BCUT2D eigenvalue weighted by molar-refractivity contribution is 0.419. The smallest absolute Gasteiger partial charge is 0.203 e. The van der Waals surface area contributed by atoms with Gasteiger partial charge in [0.1, 0.15) is 5.75 Å². The molecule has 0 saturated heterocycles. The summed E-state index contributed by atoms with van der Waals surface area (Å²) in [4.78, 5) is 4.52. The van der Waals surface area contributed by atoms with Crippen molar-refractivity contribution in [1.29, 1.82) is 0 Å². The molecule has 0 radical (unpaired) electrons. The molecule has 1 heterocycles. The van der Waals surface area contributed by atoms with Gasteiger partial charge in [0.2, 0.25) is 5.95 Å². The van der Waals surface area contributed by atoms with Crippen LogP contribution in [0.2, 0.25) is 10.0 Å². The fourth-order valence-electron chi connectivity index (χ4n) is 3.34. The van der Waals surface area contributed by atoms with Crippen LogP contribution in [-0.2, 0) is 13.6 Å². The molecule has 4 nitrogen and oxygen atoms in total. The standard InChI is InChI=1S/C22H19Cl2N3O/c1-27-20(14-7-9-18(23)19(24)11-14)13-26-22(27)25-12-15-8-10-21(28-2)17-6-4-3-5-16(15)17/h3-11,13H,12H2,1-2H3,(H,25,26). The molecule has 0 saturated carbocycles. The van der Waals surface area contributed by atoms with Gasteiger partial charge in [-0.05, 0) is 29.1 Å². The molecule has 0 aliphatic heterocycles. The highest BCUT2D eigenvalue weighted by Gasteiger charge is 2.11. The first-order valence-electron chi connectivity index (χ1n) is 8.84. The second-order valence-electron chi connectivity index (χ2n) is 6.48. The number of aromatic nitrogens is 2. The third-order valence-electron chi connectivity index (χ3n) is 4.83. The number of hydrogen-bond donors (Lipinski definition) is 1. The van der Waals surface area contributed by atoms with Gasteiger partial charge in [0, 0.05) is 24.5 Å². The summed E-state index contributed by atoms with van der Waals surface area (Å²) in [6, 6.07) is 17.9. The Morgan fingerprint density at radius 3 is 2.54 bits per heavy atom. The maximum Gasteiger partial charge on any atom is 0.203 e. The number of nitrogens with one attached hydrogen (secondary N) is 1. The predicted molar refractivity (Wildman–Crippen MR) is 116 cm³/mol. The molecule has 0 aliphatic rings. The molecule has 1 aromatic heterocycles. The van der Waals surface area contributed by atoms with Crippen LogP contribution in [0.3, 0.4) is 0 Å². The summed E-state index contributed by atoms with van der Waals surface area (Å²) in [6.45, 7) is 0.649. The van der Waals surface area contributed by atoms with E-state index in [1.54, 1.807) is 13.2 Å². The van der Waals surface area contributed by atoms with Crippen LogP contribution in [-0.4, -0.2) is 16.7 Å². The van der Waals surface area contributed by atoms with Crippen LogP contribution in [0, 0.1) is 0 Å². The molecular formula is C22H19Cl2N3O. The molecule has 0 bridgehead atoms. The third kappa shape index (κ3) is 3.41. The van der Waals surface area contributed by atoms with Gasteiger partial charge in [-0.25, -0.2) is 4.98 Å². The van der Waals surface area contributed by atoms with E-state index in [0.29, 0.717) is 16.6 Å². The number of halogens is 2. The summed E-state index contributed by atoms with van der Waals surface area (Å²) in [5, 5.41) is 6.75. The van der Waals surface area contributed by atoms with E-state index in [0.717, 1.165) is 33.7 Å². The van der Waals surface area contributed by atoms with Crippen molar-refractivity contribution in [1.82, 2.24) is 9.55 Å². The average Bonchev–Trinajstić information content (AvgIpc) is 3.08. The first-order valence-corrected chi connectivity index (χ1v) is 9.59. The van der Waals surface area contributed by atoms with Gasteiger partial charge in [-0.15, -0.1) is 0 Å². The number of methoxy groups -OCH3 is 1. The molecule has 4 rings (SSSR count). The van der Waals surface area contributed by atoms with Crippen LogP contribution >= 0.6 is 23.2 Å². The molecule has 0 unspecified atom stereocenters. The summed E-state index contributed by atoms with van der Waals surface area (Å²) >= 11 is 12.2. The summed E-state index contributed by atoms with van der Waals surface area (Å²) < 4.78 is 7.48. The second-order valence-corrected chi connectivity index (χ2v) is 7.30. The fourth-order valence-corrected chi connectivity index (χ4v) is 3.64. The third-order valence-corrected chi connectivity index (χ3v) is 5.57. The molecule has 4 aromatic rings. The fraction of sp³-hybridized carbons (Fsp3) is 0.136. The molecule has 142 valence electrons. The first kappa shape index (κ1) is 18.7. The summed E-state index contributed by atoms with van der Waals surface area (Å²) in [7, 11) is 3.66. The number of fused-ring (bicyclic) bond motifs is 1. The molecule has 3 aromatic carbocycles. The van der Waals surface area contributed by atoms with Crippen molar-refractivity contribution in [3.05, 3.63) is 76.4 Å². The Morgan fingerprint density at radius 2 is 1.79 bits per heavy atom. The summed E-state index contributed by atoms with van der Waals surface area (Å²) in [5.41, 5.74) is 3.10. The van der Waals surface area contributed by atoms with Crippen molar-refractivity contribution >= 4 is 39.9 Å². The largest absolute Gasteiger partial charge is 0.496 e. The molecule has 1 N–H and O–H groups in total. The number of anilines is 1. The lowest BCUT2D eigenvalue weighted by Gasteiger charge is -2.12. The minimum atomic E-state index is 0.527. The molecule has 6 heteroatoms. The normalized spacial score (nSPS) is 11.0. The lowest BCUT2D eigenvalue weighted by Crippen LogP contribution is -2.06. The zero-order valence-corrected chi connectivity index (χ0v) is 17.1. The quantitative estimate of drug-likeness (QED) is 0.426. The minimum Gasteiger partial charge on any atom is -0.496 e. The van der Waals surface area contributed by atoms with Gasteiger partial charge in [0.25, 0.3) is 0 Å². The van der Waals surface area contributed by atoms with Gasteiger partial charge < -0.3 is 14.6 Å². The van der Waals surface area contributed by atoms with Crippen LogP contribution in [0.4, 0.5) is 5.95 Å². The number of benzene rings is 3. The van der Waals surface area contributed by atoms with Gasteiger partial charge in [0.05, 0.1) is 29.0 Å². The zero-order chi connectivity index (χ0) is 19.7. The molecule has 0 aliphatic carbocycles. The van der Waals surface area contributed by atoms with Crippen LogP contribution < -0.4 is 10.1 Å². The van der Waals surface area contributed by atoms with Crippen LogP contribution in [0.1, 0.15) is 5.56 Å². The number of hydrogen-bond acceptors (Lipinski definition) is 3. The van der Waals surface area contributed by atoms with Crippen molar-refractivity contribution in [2.45, 2.75) is 6.54 Å². The van der Waals surface area contributed by atoms with E-state index in [1.165, 1.54) is 5.56 Å². The predicted octanol–water partition coefficient (Wildman–Crippen LogP) is 6.17. The summed E-state index contributed by atoms with van der Waals surface area (Å²) in [5.74, 6) is 1.65. The highest BCUT2D eigenvalue weighted by molar-refractivity contribution is 6.42. The lowest BCUT2D eigenvalue weighted by atomic mass is 10.0. The summed E-state index contributed by atoms with van der Waals surface area (Å²) in [6.07, 6.45) is 1.83. The maximum absolute atomic E-state index is 6.16. The zero-order valence-electron chi connectivity index (χ0n) is 15.5. The average molecular weight is 412 g/mol. The molecule has 28 heavy (non-hydrogen) atoms. The van der Waals surface area contributed by atoms with E-state index in [9.17, 15) is 0 Å². The Bertz CT molecular complexity index is 1150. The molecule has 0 fully saturated rings. The van der Waals surface area contributed by atoms with Crippen molar-refractivity contribution in [2.24, 2.45) is 7.05 Å². The number of nitrogens with zero attached hydrogens (tertiary/aromatic N) is 2. The van der Waals surface area contributed by atoms with E-state index < -0.39 is 0 Å². The van der Waals surface area contributed by atoms with Crippen LogP contribution in [0.5, 0.6) is 5.75 Å². The first-order chi connectivity index (χ1) is 13.6. The number of ether oxygens (including phenoxy) is 1. The Hall–Kier alpha value is -2.69. The molecule has 0 spiro atoms. The molecule has 0 atom stereocenters.